The van der Waals surface area contributed by atoms with Crippen molar-refractivity contribution >= 4 is 46.1 Å². The van der Waals surface area contributed by atoms with Crippen LogP contribution >= 0.6 is 24.0 Å². The molecule has 1 aromatic carbocycles. The highest BCUT2D eigenvalue weighted by atomic mass is 32.2. The van der Waals surface area contributed by atoms with Crippen LogP contribution in [0.1, 0.15) is 48.4 Å². The quantitative estimate of drug-likeness (QED) is 0.332. The Morgan fingerprint density at radius 3 is 2.47 bits per heavy atom. The van der Waals surface area contributed by atoms with Gasteiger partial charge in [0.2, 0.25) is 0 Å². The average molecular weight is 553 g/mol. The molecule has 38 heavy (non-hydrogen) atoms. The molecule has 8 nitrogen and oxygen atoms in total. The number of nitrogens with zero attached hydrogens (tertiary/aromatic N) is 4. The number of carbonyl (C=O) groups excluding carboxylic acids is 1. The van der Waals surface area contributed by atoms with Gasteiger partial charge >= 0.3 is 0 Å². The summed E-state index contributed by atoms with van der Waals surface area (Å²) in [5, 5.41) is 9.80. The van der Waals surface area contributed by atoms with E-state index in [1.807, 2.05) is 31.2 Å². The predicted molar refractivity (Wildman–Crippen MR) is 155 cm³/mol. The maximum absolute atomic E-state index is 13.5. The predicted octanol–water partition coefficient (Wildman–Crippen LogP) is 4.50. The molecule has 2 aliphatic heterocycles. The van der Waals surface area contributed by atoms with Crippen molar-refractivity contribution in [2.24, 2.45) is 0 Å². The fourth-order valence-electron chi connectivity index (χ4n) is 4.95. The van der Waals surface area contributed by atoms with Gasteiger partial charge in [-0.05, 0) is 61.9 Å². The Kier molecular flexibility index (Phi) is 8.80. The highest BCUT2D eigenvalue weighted by Gasteiger charge is 2.33. The fourth-order valence-corrected chi connectivity index (χ4v) is 6.24. The molecule has 2 aromatic rings. The maximum Gasteiger partial charge on any atom is 0.270 e. The number of rotatable bonds is 9. The van der Waals surface area contributed by atoms with E-state index in [1.54, 1.807) is 30.6 Å². The third-order valence-electron chi connectivity index (χ3n) is 6.92. The summed E-state index contributed by atoms with van der Waals surface area (Å²) in [4.78, 5) is 31.0. The van der Waals surface area contributed by atoms with Gasteiger partial charge in [0.05, 0.1) is 19.1 Å². The van der Waals surface area contributed by atoms with Crippen LogP contribution in [0.15, 0.2) is 27.9 Å². The van der Waals surface area contributed by atoms with Gasteiger partial charge in [0, 0.05) is 31.7 Å². The zero-order valence-electron chi connectivity index (χ0n) is 22.2. The first kappa shape index (κ1) is 27.7. The number of methoxy groups -OCH3 is 2. The number of thioether (sulfide) groups is 1. The molecule has 0 atom stereocenters. The van der Waals surface area contributed by atoms with Crippen LogP contribution in [0.3, 0.4) is 0 Å². The molecule has 0 radical (unpaired) electrons. The molecule has 0 N–H and O–H groups in total. The summed E-state index contributed by atoms with van der Waals surface area (Å²) in [6.45, 7) is 6.40. The van der Waals surface area contributed by atoms with Crippen molar-refractivity contribution < 1.29 is 14.3 Å². The minimum Gasteiger partial charge on any atom is -0.493 e. The van der Waals surface area contributed by atoms with Crippen LogP contribution in [0.25, 0.3) is 6.08 Å². The number of nitriles is 1. The Morgan fingerprint density at radius 2 is 1.84 bits per heavy atom. The van der Waals surface area contributed by atoms with Gasteiger partial charge in [-0.25, -0.2) is 0 Å². The van der Waals surface area contributed by atoms with Gasteiger partial charge in [-0.1, -0.05) is 37.0 Å². The summed E-state index contributed by atoms with van der Waals surface area (Å²) < 4.78 is 12.9. The molecule has 0 aliphatic carbocycles. The molecule has 0 unspecified atom stereocenters. The molecule has 10 heteroatoms. The van der Waals surface area contributed by atoms with E-state index in [9.17, 15) is 14.9 Å². The van der Waals surface area contributed by atoms with Crippen molar-refractivity contribution in [2.75, 3.05) is 38.8 Å². The van der Waals surface area contributed by atoms with E-state index in [-0.39, 0.29) is 17.0 Å². The summed E-state index contributed by atoms with van der Waals surface area (Å²) in [7, 11) is 3.18. The summed E-state index contributed by atoms with van der Waals surface area (Å²) >= 11 is 6.85. The fraction of sp³-hybridized carbons (Fsp3) is 0.429. The molecule has 2 aliphatic rings. The molecule has 4 rings (SSSR count). The molecule has 0 saturated carbocycles. The van der Waals surface area contributed by atoms with Gasteiger partial charge in [0.25, 0.3) is 11.5 Å². The lowest BCUT2D eigenvalue weighted by Crippen LogP contribution is -2.33. The van der Waals surface area contributed by atoms with E-state index in [2.05, 4.69) is 11.0 Å². The summed E-state index contributed by atoms with van der Waals surface area (Å²) in [6, 6.07) is 7.79. The van der Waals surface area contributed by atoms with E-state index < -0.39 is 0 Å². The molecule has 2 fully saturated rings. The van der Waals surface area contributed by atoms with Gasteiger partial charge in [-0.2, -0.15) is 5.26 Å². The minimum absolute atomic E-state index is 0.122. The number of aromatic nitrogens is 1. The van der Waals surface area contributed by atoms with E-state index in [0.717, 1.165) is 49.3 Å². The van der Waals surface area contributed by atoms with Gasteiger partial charge < -0.3 is 14.4 Å². The van der Waals surface area contributed by atoms with Crippen LogP contribution in [0.5, 0.6) is 11.5 Å². The van der Waals surface area contributed by atoms with Crippen LogP contribution < -0.4 is 19.9 Å². The Labute approximate surface area is 232 Å². The number of carbonyl (C=O) groups is 1. The Bertz CT molecular complexity index is 1390. The van der Waals surface area contributed by atoms with Crippen molar-refractivity contribution in [3.8, 4) is 17.6 Å². The van der Waals surface area contributed by atoms with Crippen molar-refractivity contribution in [2.45, 2.75) is 46.1 Å². The number of benzene rings is 1. The average Bonchev–Trinajstić information content (AvgIpc) is 3.54. The summed E-state index contributed by atoms with van der Waals surface area (Å²) in [5.74, 6) is 1.91. The second-order valence-electron chi connectivity index (χ2n) is 9.27. The zero-order chi connectivity index (χ0) is 27.4. The highest BCUT2D eigenvalue weighted by Crippen LogP contribution is 2.37. The largest absolute Gasteiger partial charge is 0.493 e. The SMILES string of the molecule is CCCn1c(N2CCCC2)c(C=C2SC(=S)N(CCc3ccc(OC)c(OC)c3)C2=O)c(C)c(C#N)c1=O. The van der Waals surface area contributed by atoms with E-state index in [0.29, 0.717) is 45.8 Å². The molecular formula is C28H32N4O4S2. The molecule has 1 aromatic heterocycles. The minimum atomic E-state index is -0.270. The van der Waals surface area contributed by atoms with Crippen molar-refractivity contribution in [1.82, 2.24) is 9.47 Å². The molecule has 3 heterocycles. The third-order valence-corrected chi connectivity index (χ3v) is 8.30. The molecule has 200 valence electrons. The Morgan fingerprint density at radius 1 is 1.13 bits per heavy atom. The molecular weight excluding hydrogens is 520 g/mol. The van der Waals surface area contributed by atoms with Gasteiger partial charge in [0.1, 0.15) is 21.8 Å². The van der Waals surface area contributed by atoms with Gasteiger partial charge in [-0.15, -0.1) is 0 Å². The monoisotopic (exact) mass is 552 g/mol. The smallest absolute Gasteiger partial charge is 0.270 e. The van der Waals surface area contributed by atoms with Crippen molar-refractivity contribution in [3.63, 3.8) is 0 Å². The number of ether oxygens (including phenoxy) is 2. The van der Waals surface area contributed by atoms with Crippen molar-refractivity contribution in [1.29, 1.82) is 5.26 Å². The number of anilines is 1. The lowest BCUT2D eigenvalue weighted by Gasteiger charge is -2.26. The number of pyridine rings is 1. The molecule has 0 spiro atoms. The molecule has 0 bridgehead atoms. The topological polar surface area (TPSA) is 87.8 Å². The number of thiocarbonyl (C=S) groups is 1. The standard InChI is InChI=1S/C28H32N4O4S2/c1-5-11-31-25(30-12-6-7-13-30)20(18(2)21(17-29)26(31)33)16-24-27(34)32(28(37)38-24)14-10-19-8-9-22(35-3)23(15-19)36-4/h8-9,15-16H,5-7,10-14H2,1-4H3. The van der Waals surface area contributed by atoms with Crippen LogP contribution in [0.4, 0.5) is 5.82 Å². The Hall–Kier alpha value is -3.29. The number of amides is 1. The second kappa shape index (κ2) is 12.0. The van der Waals surface area contributed by atoms with E-state index >= 15 is 0 Å². The number of hydrogen-bond acceptors (Lipinski definition) is 8. The van der Waals surface area contributed by atoms with Crippen LogP contribution in [-0.2, 0) is 17.8 Å². The van der Waals surface area contributed by atoms with Gasteiger partial charge in [-0.3, -0.25) is 19.1 Å². The van der Waals surface area contributed by atoms with Crippen LogP contribution in [0, 0.1) is 18.3 Å². The molecule has 1 amide bonds. The lowest BCUT2D eigenvalue weighted by molar-refractivity contribution is -0.122. The summed E-state index contributed by atoms with van der Waals surface area (Å²) in [6.07, 6.45) is 5.25. The van der Waals surface area contributed by atoms with E-state index in [1.165, 1.54) is 11.8 Å². The summed E-state index contributed by atoms with van der Waals surface area (Å²) in [5.41, 5.74) is 2.20. The normalized spacial score (nSPS) is 16.4. The third kappa shape index (κ3) is 5.31. The highest BCUT2D eigenvalue weighted by molar-refractivity contribution is 8.26. The van der Waals surface area contributed by atoms with Gasteiger partial charge in [0.15, 0.2) is 11.5 Å². The van der Waals surface area contributed by atoms with E-state index in [4.69, 9.17) is 21.7 Å². The first-order chi connectivity index (χ1) is 18.3. The number of hydrogen-bond donors (Lipinski definition) is 0. The van der Waals surface area contributed by atoms with Crippen LogP contribution in [-0.4, -0.2) is 53.5 Å². The van der Waals surface area contributed by atoms with Crippen molar-refractivity contribution in [3.05, 3.63) is 55.7 Å². The molecule has 2 saturated heterocycles. The first-order valence-corrected chi connectivity index (χ1v) is 14.0. The maximum atomic E-state index is 13.5. The first-order valence-electron chi connectivity index (χ1n) is 12.7. The zero-order valence-corrected chi connectivity index (χ0v) is 23.8. The second-order valence-corrected chi connectivity index (χ2v) is 10.9. The Balaban J connectivity index is 1.68. The lowest BCUT2D eigenvalue weighted by atomic mass is 10.0. The van der Waals surface area contributed by atoms with Crippen LogP contribution in [0.2, 0.25) is 0 Å².